The maximum atomic E-state index is 13.0. The lowest BCUT2D eigenvalue weighted by Crippen LogP contribution is -2.33. The van der Waals surface area contributed by atoms with Gasteiger partial charge in [-0.15, -0.1) is 0 Å². The van der Waals surface area contributed by atoms with Crippen molar-refractivity contribution in [1.82, 2.24) is 9.97 Å². The molecule has 1 aliphatic rings. The first kappa shape index (κ1) is 19.6. The van der Waals surface area contributed by atoms with Crippen LogP contribution in [-0.2, 0) is 0 Å². The smallest absolute Gasteiger partial charge is 0.274 e. The predicted octanol–water partition coefficient (Wildman–Crippen LogP) is 4.50. The van der Waals surface area contributed by atoms with Crippen molar-refractivity contribution in [1.29, 1.82) is 5.26 Å². The van der Waals surface area contributed by atoms with E-state index in [0.29, 0.717) is 28.7 Å². The second kappa shape index (κ2) is 8.75. The average Bonchev–Trinajstić information content (AvgIpc) is 2.80. The van der Waals surface area contributed by atoms with E-state index >= 15 is 0 Å². The van der Waals surface area contributed by atoms with Crippen LogP contribution in [0.2, 0.25) is 0 Å². The molecule has 2 aromatic carbocycles. The van der Waals surface area contributed by atoms with E-state index in [1.54, 1.807) is 30.3 Å². The Morgan fingerprint density at radius 1 is 1.07 bits per heavy atom. The summed E-state index contributed by atoms with van der Waals surface area (Å²) in [6.45, 7) is 4.09. The first-order valence-electron chi connectivity index (χ1n) is 10.1. The van der Waals surface area contributed by atoms with Crippen molar-refractivity contribution in [2.75, 3.05) is 23.3 Å². The van der Waals surface area contributed by atoms with Crippen LogP contribution in [0.3, 0.4) is 0 Å². The quantitative estimate of drug-likeness (QED) is 0.701. The number of hydrogen-bond donors (Lipinski definition) is 1. The molecule has 1 aliphatic heterocycles. The van der Waals surface area contributed by atoms with E-state index in [0.717, 1.165) is 37.3 Å². The number of aromatic nitrogens is 2. The normalized spacial score (nSPS) is 14.2. The number of hydrogen-bond acceptors (Lipinski definition) is 5. The number of nitrogens with zero attached hydrogens (tertiary/aromatic N) is 4. The van der Waals surface area contributed by atoms with Crippen molar-refractivity contribution in [3.05, 3.63) is 71.9 Å². The minimum Gasteiger partial charge on any atom is -0.356 e. The number of carbonyl (C=O) groups is 1. The third kappa shape index (κ3) is 4.47. The molecule has 0 spiro atoms. The van der Waals surface area contributed by atoms with Gasteiger partial charge in [0.1, 0.15) is 11.5 Å². The number of carbonyl (C=O) groups excluding carboxylic acids is 1. The monoisotopic (exact) mass is 397 g/mol. The summed E-state index contributed by atoms with van der Waals surface area (Å²) in [6, 6.07) is 20.4. The summed E-state index contributed by atoms with van der Waals surface area (Å²) in [5.74, 6) is 1.68. The maximum Gasteiger partial charge on any atom is 0.274 e. The van der Waals surface area contributed by atoms with Gasteiger partial charge in [0.2, 0.25) is 0 Å². The van der Waals surface area contributed by atoms with Gasteiger partial charge in [-0.25, -0.2) is 9.97 Å². The molecule has 0 radical (unpaired) electrons. The summed E-state index contributed by atoms with van der Waals surface area (Å²) in [5.41, 5.74) is 2.22. The molecule has 0 atom stereocenters. The fraction of sp³-hybridized carbons (Fsp3) is 0.250. The first-order chi connectivity index (χ1) is 14.6. The Morgan fingerprint density at radius 2 is 1.83 bits per heavy atom. The number of nitrogens with one attached hydrogen (secondary N) is 1. The summed E-state index contributed by atoms with van der Waals surface area (Å²) in [4.78, 5) is 24.5. The summed E-state index contributed by atoms with van der Waals surface area (Å²) in [6.07, 6.45) is 2.21. The summed E-state index contributed by atoms with van der Waals surface area (Å²) < 4.78 is 0. The van der Waals surface area contributed by atoms with Crippen molar-refractivity contribution in [3.8, 4) is 17.5 Å². The zero-order chi connectivity index (χ0) is 20.9. The highest BCUT2D eigenvalue weighted by molar-refractivity contribution is 6.03. The highest BCUT2D eigenvalue weighted by Crippen LogP contribution is 2.25. The summed E-state index contributed by atoms with van der Waals surface area (Å²) >= 11 is 0. The molecular formula is C24H23N5O. The van der Waals surface area contributed by atoms with Crippen LogP contribution in [0.5, 0.6) is 0 Å². The molecule has 0 unspecified atom stereocenters. The topological polar surface area (TPSA) is 81.9 Å². The fourth-order valence-corrected chi connectivity index (χ4v) is 3.53. The van der Waals surface area contributed by atoms with E-state index in [9.17, 15) is 4.79 Å². The average molecular weight is 397 g/mol. The van der Waals surface area contributed by atoms with Gasteiger partial charge in [0.05, 0.1) is 11.6 Å². The van der Waals surface area contributed by atoms with Crippen LogP contribution in [0, 0.1) is 17.2 Å². The first-order valence-corrected chi connectivity index (χ1v) is 10.1. The highest BCUT2D eigenvalue weighted by Gasteiger charge is 2.20. The van der Waals surface area contributed by atoms with Gasteiger partial charge < -0.3 is 10.2 Å². The Balaban J connectivity index is 1.68. The molecule has 3 aromatic rings. The number of anilines is 2. The van der Waals surface area contributed by atoms with Crippen molar-refractivity contribution in [2.45, 2.75) is 19.8 Å². The molecule has 1 saturated heterocycles. The molecule has 150 valence electrons. The predicted molar refractivity (Wildman–Crippen MR) is 117 cm³/mol. The van der Waals surface area contributed by atoms with E-state index in [1.165, 1.54) is 0 Å². The molecule has 1 amide bonds. The third-order valence-electron chi connectivity index (χ3n) is 5.33. The van der Waals surface area contributed by atoms with Crippen LogP contribution in [0.25, 0.3) is 11.4 Å². The molecule has 0 aliphatic carbocycles. The van der Waals surface area contributed by atoms with Gasteiger partial charge in [0, 0.05) is 30.4 Å². The Hall–Kier alpha value is -3.72. The largest absolute Gasteiger partial charge is 0.356 e. The molecule has 1 aromatic heterocycles. The number of amides is 1. The maximum absolute atomic E-state index is 13.0. The van der Waals surface area contributed by atoms with E-state index in [1.807, 2.05) is 30.3 Å². The molecule has 2 heterocycles. The van der Waals surface area contributed by atoms with Gasteiger partial charge in [-0.3, -0.25) is 4.79 Å². The van der Waals surface area contributed by atoms with Gasteiger partial charge in [0.15, 0.2) is 5.82 Å². The second-order valence-electron chi connectivity index (χ2n) is 7.62. The van der Waals surface area contributed by atoms with E-state index in [4.69, 9.17) is 10.2 Å². The number of nitriles is 1. The molecule has 1 N–H and O–H groups in total. The molecule has 30 heavy (non-hydrogen) atoms. The van der Waals surface area contributed by atoms with Crippen LogP contribution in [0.4, 0.5) is 11.5 Å². The van der Waals surface area contributed by atoms with Crippen molar-refractivity contribution < 1.29 is 4.79 Å². The van der Waals surface area contributed by atoms with Gasteiger partial charge in [0.25, 0.3) is 5.91 Å². The number of benzene rings is 2. The number of piperidine rings is 1. The van der Waals surface area contributed by atoms with Gasteiger partial charge >= 0.3 is 0 Å². The Morgan fingerprint density at radius 3 is 2.57 bits per heavy atom. The Bertz CT molecular complexity index is 1080. The SMILES string of the molecule is CC1CCN(c2cc(C(=O)Nc3cccc(C#N)c3)nc(-c3ccccc3)n2)CC1. The van der Waals surface area contributed by atoms with Crippen LogP contribution in [0.15, 0.2) is 60.7 Å². The van der Waals surface area contributed by atoms with Gasteiger partial charge in [-0.2, -0.15) is 5.26 Å². The van der Waals surface area contributed by atoms with E-state index in [2.05, 4.69) is 28.2 Å². The lowest BCUT2D eigenvalue weighted by atomic mass is 9.99. The lowest BCUT2D eigenvalue weighted by Gasteiger charge is -2.31. The molecule has 1 fully saturated rings. The van der Waals surface area contributed by atoms with E-state index < -0.39 is 0 Å². The van der Waals surface area contributed by atoms with E-state index in [-0.39, 0.29) is 5.91 Å². The van der Waals surface area contributed by atoms with Crippen LogP contribution in [0.1, 0.15) is 35.8 Å². The second-order valence-corrected chi connectivity index (χ2v) is 7.62. The highest BCUT2D eigenvalue weighted by atomic mass is 16.1. The van der Waals surface area contributed by atoms with Crippen LogP contribution in [-0.4, -0.2) is 29.0 Å². The van der Waals surface area contributed by atoms with Crippen molar-refractivity contribution in [3.63, 3.8) is 0 Å². The number of rotatable bonds is 4. The Labute approximate surface area is 176 Å². The lowest BCUT2D eigenvalue weighted by molar-refractivity contribution is 0.102. The zero-order valence-electron chi connectivity index (χ0n) is 16.9. The molecule has 0 saturated carbocycles. The van der Waals surface area contributed by atoms with Crippen molar-refractivity contribution in [2.24, 2.45) is 5.92 Å². The van der Waals surface area contributed by atoms with Crippen LogP contribution < -0.4 is 10.2 Å². The molecule has 6 nitrogen and oxygen atoms in total. The molecule has 6 heteroatoms. The van der Waals surface area contributed by atoms with Gasteiger partial charge in [-0.05, 0) is 37.0 Å². The third-order valence-corrected chi connectivity index (χ3v) is 5.33. The molecule has 4 rings (SSSR count). The summed E-state index contributed by atoms with van der Waals surface area (Å²) in [5, 5.41) is 11.9. The zero-order valence-corrected chi connectivity index (χ0v) is 16.9. The minimum absolute atomic E-state index is 0.305. The summed E-state index contributed by atoms with van der Waals surface area (Å²) in [7, 11) is 0. The Kier molecular flexibility index (Phi) is 5.71. The van der Waals surface area contributed by atoms with Gasteiger partial charge in [-0.1, -0.05) is 43.3 Å². The van der Waals surface area contributed by atoms with Crippen LogP contribution >= 0.6 is 0 Å². The standard InChI is InChI=1S/C24H23N5O/c1-17-10-12-29(13-11-17)22-15-21(27-23(28-22)19-7-3-2-4-8-19)24(30)26-20-9-5-6-18(14-20)16-25/h2-9,14-15,17H,10-13H2,1H3,(H,26,30). The minimum atomic E-state index is -0.323. The van der Waals surface area contributed by atoms with Crippen molar-refractivity contribution >= 4 is 17.4 Å². The fourth-order valence-electron chi connectivity index (χ4n) is 3.53. The molecular weight excluding hydrogens is 374 g/mol. The molecule has 0 bridgehead atoms.